The SMILES string of the molecule is CC(=O)N[C@@H](CSc1nc(C)cs1)C(=O)O. The fourth-order valence-corrected chi connectivity index (χ4v) is 2.86. The Hall–Kier alpha value is -1.08. The van der Waals surface area contributed by atoms with E-state index < -0.39 is 12.0 Å². The van der Waals surface area contributed by atoms with Crippen LogP contribution in [-0.2, 0) is 9.59 Å². The molecule has 0 saturated heterocycles. The van der Waals surface area contributed by atoms with E-state index >= 15 is 0 Å². The molecule has 0 aliphatic rings. The summed E-state index contributed by atoms with van der Waals surface area (Å²) in [5.74, 6) is -1.10. The van der Waals surface area contributed by atoms with Gasteiger partial charge in [-0.25, -0.2) is 9.78 Å². The number of thiazole rings is 1. The second-order valence-corrected chi connectivity index (χ2v) is 5.28. The van der Waals surface area contributed by atoms with Crippen LogP contribution in [0, 0.1) is 6.92 Å². The molecule has 5 nitrogen and oxygen atoms in total. The van der Waals surface area contributed by atoms with Crippen molar-refractivity contribution < 1.29 is 14.7 Å². The first-order chi connectivity index (χ1) is 7.49. The first-order valence-corrected chi connectivity index (χ1v) is 6.40. The number of aromatic nitrogens is 1. The molecule has 1 heterocycles. The summed E-state index contributed by atoms with van der Waals surface area (Å²) < 4.78 is 0.814. The van der Waals surface area contributed by atoms with E-state index in [2.05, 4.69) is 10.3 Å². The lowest BCUT2D eigenvalue weighted by Crippen LogP contribution is -2.41. The van der Waals surface area contributed by atoms with Gasteiger partial charge in [-0.05, 0) is 6.92 Å². The minimum atomic E-state index is -1.03. The molecule has 0 unspecified atom stereocenters. The van der Waals surface area contributed by atoms with Crippen LogP contribution in [0.15, 0.2) is 9.72 Å². The minimum absolute atomic E-state index is 0.280. The normalized spacial score (nSPS) is 12.1. The monoisotopic (exact) mass is 260 g/mol. The van der Waals surface area contributed by atoms with Crippen LogP contribution in [0.3, 0.4) is 0 Å². The summed E-state index contributed by atoms with van der Waals surface area (Å²) in [6.45, 7) is 3.18. The van der Waals surface area contributed by atoms with Crippen LogP contribution >= 0.6 is 23.1 Å². The van der Waals surface area contributed by atoms with Gasteiger partial charge in [0, 0.05) is 23.8 Å². The third kappa shape index (κ3) is 4.19. The van der Waals surface area contributed by atoms with Crippen LogP contribution < -0.4 is 5.32 Å². The lowest BCUT2D eigenvalue weighted by Gasteiger charge is -2.11. The second-order valence-electron chi connectivity index (χ2n) is 3.16. The van der Waals surface area contributed by atoms with Crippen LogP contribution in [0.25, 0.3) is 0 Å². The Bertz CT molecular complexity index is 392. The molecular formula is C9H12N2O3S2. The van der Waals surface area contributed by atoms with Gasteiger partial charge in [0.15, 0.2) is 0 Å². The third-order valence-electron chi connectivity index (χ3n) is 1.65. The van der Waals surface area contributed by atoms with Crippen molar-refractivity contribution in [1.82, 2.24) is 10.3 Å². The van der Waals surface area contributed by atoms with Gasteiger partial charge in [-0.2, -0.15) is 0 Å². The summed E-state index contributed by atoms with van der Waals surface area (Å²) in [6.07, 6.45) is 0. The van der Waals surface area contributed by atoms with E-state index in [0.29, 0.717) is 0 Å². The van der Waals surface area contributed by atoms with Gasteiger partial charge in [0.05, 0.1) is 0 Å². The zero-order valence-electron chi connectivity index (χ0n) is 8.89. The van der Waals surface area contributed by atoms with Gasteiger partial charge < -0.3 is 10.4 Å². The Morgan fingerprint density at radius 2 is 2.38 bits per heavy atom. The average Bonchev–Trinajstić information content (AvgIpc) is 2.58. The Morgan fingerprint density at radius 3 is 2.81 bits per heavy atom. The molecule has 0 bridgehead atoms. The topological polar surface area (TPSA) is 79.3 Å². The van der Waals surface area contributed by atoms with Gasteiger partial charge in [0.1, 0.15) is 10.4 Å². The number of nitrogens with zero attached hydrogens (tertiary/aromatic N) is 1. The van der Waals surface area contributed by atoms with Crippen LogP contribution in [0.4, 0.5) is 0 Å². The van der Waals surface area contributed by atoms with Gasteiger partial charge in [0.25, 0.3) is 0 Å². The molecular weight excluding hydrogens is 248 g/mol. The lowest BCUT2D eigenvalue weighted by molar-refractivity contribution is -0.140. The third-order valence-corrected chi connectivity index (χ3v) is 3.88. The highest BCUT2D eigenvalue weighted by molar-refractivity contribution is 8.01. The van der Waals surface area contributed by atoms with E-state index in [1.807, 2.05) is 12.3 Å². The quantitative estimate of drug-likeness (QED) is 0.776. The number of carbonyl (C=O) groups is 2. The number of carboxylic acids is 1. The molecule has 0 fully saturated rings. The molecule has 0 aliphatic carbocycles. The molecule has 1 aromatic heterocycles. The molecule has 2 N–H and O–H groups in total. The first-order valence-electron chi connectivity index (χ1n) is 4.54. The van der Waals surface area contributed by atoms with E-state index in [4.69, 9.17) is 5.11 Å². The van der Waals surface area contributed by atoms with Crippen LogP contribution in [0.2, 0.25) is 0 Å². The Balaban J connectivity index is 2.50. The largest absolute Gasteiger partial charge is 0.480 e. The molecule has 1 rings (SSSR count). The van der Waals surface area contributed by atoms with Crippen molar-refractivity contribution >= 4 is 35.0 Å². The molecule has 0 radical (unpaired) electrons. The molecule has 16 heavy (non-hydrogen) atoms. The summed E-state index contributed by atoms with van der Waals surface area (Å²) in [7, 11) is 0. The van der Waals surface area contributed by atoms with Gasteiger partial charge in [0.2, 0.25) is 5.91 Å². The van der Waals surface area contributed by atoms with Gasteiger partial charge in [-0.3, -0.25) is 4.79 Å². The van der Waals surface area contributed by atoms with Crippen molar-refractivity contribution in [3.63, 3.8) is 0 Å². The molecule has 0 saturated carbocycles. The molecule has 1 atom stereocenters. The summed E-state index contributed by atoms with van der Waals surface area (Å²) in [4.78, 5) is 25.8. The Kier molecular flexibility index (Phi) is 4.75. The number of carbonyl (C=O) groups excluding carboxylic acids is 1. The van der Waals surface area contributed by atoms with Gasteiger partial charge in [-0.1, -0.05) is 11.8 Å². The predicted octanol–water partition coefficient (Wildman–Crippen LogP) is 1.13. The number of nitrogens with one attached hydrogen (secondary N) is 1. The predicted molar refractivity (Wildman–Crippen MR) is 62.8 cm³/mol. The number of aliphatic carboxylic acids is 1. The van der Waals surface area contributed by atoms with E-state index in [9.17, 15) is 9.59 Å². The zero-order chi connectivity index (χ0) is 12.1. The molecule has 1 aromatic rings. The Labute approximate surface area is 101 Å². The maximum Gasteiger partial charge on any atom is 0.327 e. The number of amides is 1. The standard InChI is InChI=1S/C9H12N2O3S2/c1-5-3-15-9(10-5)16-4-7(8(13)14)11-6(2)12/h3,7H,4H2,1-2H3,(H,11,12)(H,13,14)/t7-/m0/s1. The van der Waals surface area contributed by atoms with Crippen LogP contribution in [0.1, 0.15) is 12.6 Å². The summed E-state index contributed by atoms with van der Waals surface area (Å²) in [6, 6.07) is -0.869. The zero-order valence-corrected chi connectivity index (χ0v) is 10.5. The average molecular weight is 260 g/mol. The number of hydrogen-bond acceptors (Lipinski definition) is 5. The van der Waals surface area contributed by atoms with Crippen molar-refractivity contribution in [2.45, 2.75) is 24.2 Å². The van der Waals surface area contributed by atoms with Crippen molar-refractivity contribution in [1.29, 1.82) is 0 Å². The lowest BCUT2D eigenvalue weighted by atomic mass is 10.3. The molecule has 0 spiro atoms. The number of aryl methyl sites for hydroxylation is 1. The van der Waals surface area contributed by atoms with Gasteiger partial charge >= 0.3 is 5.97 Å². The van der Waals surface area contributed by atoms with Crippen LogP contribution in [0.5, 0.6) is 0 Å². The highest BCUT2D eigenvalue weighted by Crippen LogP contribution is 2.22. The van der Waals surface area contributed by atoms with Crippen molar-refractivity contribution in [3.05, 3.63) is 11.1 Å². The van der Waals surface area contributed by atoms with Gasteiger partial charge in [-0.15, -0.1) is 11.3 Å². The maximum atomic E-state index is 10.8. The summed E-state index contributed by atoms with van der Waals surface area (Å²) >= 11 is 2.80. The summed E-state index contributed by atoms with van der Waals surface area (Å²) in [5, 5.41) is 13.1. The highest BCUT2D eigenvalue weighted by atomic mass is 32.2. The molecule has 0 aromatic carbocycles. The number of thioether (sulfide) groups is 1. The van der Waals surface area contributed by atoms with Crippen molar-refractivity contribution in [2.75, 3.05) is 5.75 Å². The first kappa shape index (κ1) is 13.0. The molecule has 1 amide bonds. The Morgan fingerprint density at radius 1 is 1.69 bits per heavy atom. The van der Waals surface area contributed by atoms with Crippen molar-refractivity contribution in [3.8, 4) is 0 Å². The molecule has 0 aliphatic heterocycles. The van der Waals surface area contributed by atoms with E-state index in [1.54, 1.807) is 0 Å². The van der Waals surface area contributed by atoms with E-state index in [-0.39, 0.29) is 11.7 Å². The van der Waals surface area contributed by atoms with E-state index in [0.717, 1.165) is 10.0 Å². The van der Waals surface area contributed by atoms with Crippen molar-refractivity contribution in [2.24, 2.45) is 0 Å². The summed E-state index contributed by atoms with van der Waals surface area (Å²) in [5.41, 5.74) is 0.916. The number of carboxylic acid groups (broad SMARTS) is 1. The highest BCUT2D eigenvalue weighted by Gasteiger charge is 2.18. The second kappa shape index (κ2) is 5.86. The minimum Gasteiger partial charge on any atom is -0.480 e. The van der Waals surface area contributed by atoms with E-state index in [1.165, 1.54) is 30.0 Å². The maximum absolute atomic E-state index is 10.8. The number of rotatable bonds is 5. The number of hydrogen-bond donors (Lipinski definition) is 2. The molecule has 88 valence electrons. The fraction of sp³-hybridized carbons (Fsp3) is 0.444. The fourth-order valence-electron chi connectivity index (χ4n) is 0.973. The molecule has 7 heteroatoms. The van der Waals surface area contributed by atoms with Crippen LogP contribution in [-0.4, -0.2) is 33.8 Å². The smallest absolute Gasteiger partial charge is 0.327 e.